The molecule has 2 atom stereocenters. The van der Waals surface area contributed by atoms with Crippen molar-refractivity contribution in [2.45, 2.75) is 52.2 Å². The average Bonchev–Trinajstić information content (AvgIpc) is 1.98. The number of piperazine rings is 1. The summed E-state index contributed by atoms with van der Waals surface area (Å²) < 4.78 is 0. The first-order valence-corrected chi connectivity index (χ1v) is 5.61. The van der Waals surface area contributed by atoms with Gasteiger partial charge in [-0.1, -0.05) is 0 Å². The number of amides is 2. The SMILES string of the molecule is CC1CN(C(=O)NC(C)(C)C)CC(C)N1. The van der Waals surface area contributed by atoms with Crippen molar-refractivity contribution in [1.82, 2.24) is 15.5 Å². The van der Waals surface area contributed by atoms with Crippen molar-refractivity contribution in [2.24, 2.45) is 0 Å². The lowest BCUT2D eigenvalue weighted by Crippen LogP contribution is -2.59. The molecule has 0 aromatic rings. The van der Waals surface area contributed by atoms with Crippen LogP contribution in [0.4, 0.5) is 4.79 Å². The van der Waals surface area contributed by atoms with Gasteiger partial charge in [0.1, 0.15) is 0 Å². The molecule has 0 bridgehead atoms. The Balaban J connectivity index is 2.52. The van der Waals surface area contributed by atoms with Crippen LogP contribution < -0.4 is 10.6 Å². The third-order valence-corrected chi connectivity index (χ3v) is 2.33. The molecule has 0 spiro atoms. The van der Waals surface area contributed by atoms with E-state index in [1.165, 1.54) is 0 Å². The van der Waals surface area contributed by atoms with Crippen molar-refractivity contribution < 1.29 is 4.79 Å². The molecule has 1 aliphatic heterocycles. The van der Waals surface area contributed by atoms with Crippen molar-refractivity contribution in [3.8, 4) is 0 Å². The maximum atomic E-state index is 11.9. The van der Waals surface area contributed by atoms with Crippen LogP contribution in [-0.4, -0.2) is 41.6 Å². The first-order valence-electron chi connectivity index (χ1n) is 5.61. The quantitative estimate of drug-likeness (QED) is 0.634. The lowest BCUT2D eigenvalue weighted by atomic mass is 10.1. The summed E-state index contributed by atoms with van der Waals surface area (Å²) >= 11 is 0. The first-order chi connectivity index (χ1) is 6.78. The molecule has 0 aliphatic carbocycles. The standard InChI is InChI=1S/C11H23N3O/c1-8-6-14(7-9(2)12-8)10(15)13-11(3,4)5/h8-9,12H,6-7H2,1-5H3,(H,13,15). The van der Waals surface area contributed by atoms with Gasteiger partial charge in [0.2, 0.25) is 0 Å². The number of carbonyl (C=O) groups is 1. The van der Waals surface area contributed by atoms with E-state index in [4.69, 9.17) is 0 Å². The minimum atomic E-state index is -0.158. The van der Waals surface area contributed by atoms with Crippen LogP contribution in [0.2, 0.25) is 0 Å². The highest BCUT2D eigenvalue weighted by Crippen LogP contribution is 2.06. The first kappa shape index (κ1) is 12.3. The lowest BCUT2D eigenvalue weighted by Gasteiger charge is -2.37. The van der Waals surface area contributed by atoms with Gasteiger partial charge in [0.15, 0.2) is 0 Å². The molecule has 0 aromatic carbocycles. The van der Waals surface area contributed by atoms with E-state index in [0.717, 1.165) is 13.1 Å². The summed E-state index contributed by atoms with van der Waals surface area (Å²) in [4.78, 5) is 13.8. The van der Waals surface area contributed by atoms with Crippen LogP contribution in [0.3, 0.4) is 0 Å². The molecule has 4 nitrogen and oxygen atoms in total. The summed E-state index contributed by atoms with van der Waals surface area (Å²) in [6.45, 7) is 11.8. The largest absolute Gasteiger partial charge is 0.333 e. The zero-order chi connectivity index (χ0) is 11.6. The second kappa shape index (κ2) is 4.39. The molecule has 2 unspecified atom stereocenters. The molecular weight excluding hydrogens is 190 g/mol. The molecule has 1 heterocycles. The molecular formula is C11H23N3O. The summed E-state index contributed by atoms with van der Waals surface area (Å²) in [6, 6.07) is 0.793. The van der Waals surface area contributed by atoms with Crippen molar-refractivity contribution in [1.29, 1.82) is 0 Å². The predicted octanol–water partition coefficient (Wildman–Crippen LogP) is 1.18. The van der Waals surface area contributed by atoms with E-state index in [1.807, 2.05) is 25.7 Å². The fraction of sp³-hybridized carbons (Fsp3) is 0.909. The second-order valence-electron chi connectivity index (χ2n) is 5.55. The molecule has 2 amide bonds. The Labute approximate surface area is 92.4 Å². The van der Waals surface area contributed by atoms with Gasteiger partial charge in [-0.25, -0.2) is 4.79 Å². The highest BCUT2D eigenvalue weighted by atomic mass is 16.2. The van der Waals surface area contributed by atoms with Crippen LogP contribution in [0.1, 0.15) is 34.6 Å². The number of rotatable bonds is 0. The minimum absolute atomic E-state index is 0.0442. The molecule has 1 aliphatic rings. The van der Waals surface area contributed by atoms with E-state index in [-0.39, 0.29) is 11.6 Å². The molecule has 0 radical (unpaired) electrons. The Morgan fingerprint density at radius 1 is 1.27 bits per heavy atom. The molecule has 1 fully saturated rings. The van der Waals surface area contributed by atoms with E-state index >= 15 is 0 Å². The Hall–Kier alpha value is -0.770. The predicted molar refractivity (Wildman–Crippen MR) is 61.9 cm³/mol. The van der Waals surface area contributed by atoms with Gasteiger partial charge >= 0.3 is 6.03 Å². The molecule has 1 saturated heterocycles. The third kappa shape index (κ3) is 4.08. The molecule has 15 heavy (non-hydrogen) atoms. The fourth-order valence-corrected chi connectivity index (χ4v) is 1.89. The van der Waals surface area contributed by atoms with Crippen LogP contribution in [0.25, 0.3) is 0 Å². The average molecular weight is 213 g/mol. The van der Waals surface area contributed by atoms with Crippen LogP contribution in [0.15, 0.2) is 0 Å². The van der Waals surface area contributed by atoms with Crippen molar-refractivity contribution >= 4 is 6.03 Å². The van der Waals surface area contributed by atoms with Gasteiger partial charge in [-0.2, -0.15) is 0 Å². The van der Waals surface area contributed by atoms with E-state index in [2.05, 4.69) is 24.5 Å². The Morgan fingerprint density at radius 3 is 2.13 bits per heavy atom. The molecule has 0 saturated carbocycles. The molecule has 4 heteroatoms. The normalized spacial score (nSPS) is 27.7. The van der Waals surface area contributed by atoms with E-state index in [1.54, 1.807) is 0 Å². The maximum absolute atomic E-state index is 11.9. The van der Waals surface area contributed by atoms with Gasteiger partial charge < -0.3 is 15.5 Å². The monoisotopic (exact) mass is 213 g/mol. The number of hydrogen-bond acceptors (Lipinski definition) is 2. The van der Waals surface area contributed by atoms with Crippen LogP contribution in [0.5, 0.6) is 0 Å². The zero-order valence-corrected chi connectivity index (χ0v) is 10.4. The highest BCUT2D eigenvalue weighted by molar-refractivity contribution is 5.75. The molecule has 88 valence electrons. The smallest absolute Gasteiger partial charge is 0.317 e. The van der Waals surface area contributed by atoms with Gasteiger partial charge in [0.25, 0.3) is 0 Å². The summed E-state index contributed by atoms with van der Waals surface area (Å²) in [5.41, 5.74) is -0.158. The highest BCUT2D eigenvalue weighted by Gasteiger charge is 2.26. The summed E-state index contributed by atoms with van der Waals surface area (Å²) in [5, 5.41) is 6.39. The summed E-state index contributed by atoms with van der Waals surface area (Å²) in [5.74, 6) is 0. The Kier molecular flexibility index (Phi) is 3.60. The summed E-state index contributed by atoms with van der Waals surface area (Å²) in [7, 11) is 0. The van der Waals surface area contributed by atoms with E-state index in [0.29, 0.717) is 12.1 Å². The van der Waals surface area contributed by atoms with E-state index < -0.39 is 0 Å². The molecule has 0 aromatic heterocycles. The van der Waals surface area contributed by atoms with Crippen LogP contribution >= 0.6 is 0 Å². The number of nitrogens with one attached hydrogen (secondary N) is 2. The topological polar surface area (TPSA) is 44.4 Å². The van der Waals surface area contributed by atoms with E-state index in [9.17, 15) is 4.79 Å². The Bertz CT molecular complexity index is 224. The zero-order valence-electron chi connectivity index (χ0n) is 10.4. The third-order valence-electron chi connectivity index (χ3n) is 2.33. The van der Waals surface area contributed by atoms with Crippen molar-refractivity contribution in [3.05, 3.63) is 0 Å². The molecule has 1 rings (SSSR count). The van der Waals surface area contributed by atoms with Gasteiger partial charge in [-0.15, -0.1) is 0 Å². The van der Waals surface area contributed by atoms with Crippen molar-refractivity contribution in [2.75, 3.05) is 13.1 Å². The second-order valence-corrected chi connectivity index (χ2v) is 5.55. The van der Waals surface area contributed by atoms with Gasteiger partial charge in [0, 0.05) is 30.7 Å². The number of urea groups is 1. The van der Waals surface area contributed by atoms with Crippen LogP contribution in [-0.2, 0) is 0 Å². The van der Waals surface area contributed by atoms with Gasteiger partial charge in [0.05, 0.1) is 0 Å². The number of hydrogen-bond donors (Lipinski definition) is 2. The number of nitrogens with zero attached hydrogens (tertiary/aromatic N) is 1. The van der Waals surface area contributed by atoms with Gasteiger partial charge in [-0.3, -0.25) is 0 Å². The fourth-order valence-electron chi connectivity index (χ4n) is 1.89. The minimum Gasteiger partial charge on any atom is -0.333 e. The molecule has 2 N–H and O–H groups in total. The summed E-state index contributed by atoms with van der Waals surface area (Å²) in [6.07, 6.45) is 0. The number of carbonyl (C=O) groups excluding carboxylic acids is 1. The van der Waals surface area contributed by atoms with Gasteiger partial charge in [-0.05, 0) is 34.6 Å². The van der Waals surface area contributed by atoms with Crippen LogP contribution in [0, 0.1) is 0 Å². The Morgan fingerprint density at radius 2 is 1.73 bits per heavy atom. The van der Waals surface area contributed by atoms with Crippen molar-refractivity contribution in [3.63, 3.8) is 0 Å². The lowest BCUT2D eigenvalue weighted by molar-refractivity contribution is 0.157. The maximum Gasteiger partial charge on any atom is 0.317 e.